The number of alkyl halides is 3. The molecule has 1 unspecified atom stereocenters. The van der Waals surface area contributed by atoms with E-state index in [9.17, 15) is 22.8 Å². The van der Waals surface area contributed by atoms with Gasteiger partial charge in [-0.15, -0.1) is 0 Å². The highest BCUT2D eigenvalue weighted by Gasteiger charge is 2.32. The number of carboxylic acids is 1. The SMILES string of the molecule is Cc1ccc(NC(=O)NC(C)CC(=O)O)cc1C(F)(F)F. The maximum absolute atomic E-state index is 12.7. The minimum Gasteiger partial charge on any atom is -0.481 e. The van der Waals surface area contributed by atoms with Gasteiger partial charge in [-0.2, -0.15) is 13.2 Å². The Kier molecular flexibility index (Phi) is 5.17. The maximum atomic E-state index is 12.7. The number of rotatable bonds is 4. The lowest BCUT2D eigenvalue weighted by Crippen LogP contribution is -2.37. The Bertz CT molecular complexity index is 544. The number of halogens is 3. The number of carboxylic acid groups (broad SMARTS) is 1. The van der Waals surface area contributed by atoms with Crippen molar-refractivity contribution in [3.8, 4) is 0 Å². The van der Waals surface area contributed by atoms with Gasteiger partial charge in [-0.25, -0.2) is 4.79 Å². The molecule has 0 aliphatic carbocycles. The van der Waals surface area contributed by atoms with Crippen LogP contribution >= 0.6 is 0 Å². The van der Waals surface area contributed by atoms with Crippen molar-refractivity contribution >= 4 is 17.7 Å². The number of aliphatic carboxylic acids is 1. The highest BCUT2D eigenvalue weighted by Crippen LogP contribution is 2.33. The van der Waals surface area contributed by atoms with Crippen LogP contribution in [0.15, 0.2) is 18.2 Å². The fraction of sp³-hybridized carbons (Fsp3) is 0.385. The van der Waals surface area contributed by atoms with Gasteiger partial charge in [0.05, 0.1) is 12.0 Å². The Morgan fingerprint density at radius 1 is 1.33 bits per heavy atom. The van der Waals surface area contributed by atoms with E-state index >= 15 is 0 Å². The van der Waals surface area contributed by atoms with Crippen LogP contribution in [0.4, 0.5) is 23.7 Å². The summed E-state index contributed by atoms with van der Waals surface area (Å²) < 4.78 is 38.2. The van der Waals surface area contributed by atoms with Crippen molar-refractivity contribution in [3.05, 3.63) is 29.3 Å². The average molecular weight is 304 g/mol. The lowest BCUT2D eigenvalue weighted by Gasteiger charge is -2.15. The van der Waals surface area contributed by atoms with Gasteiger partial charge in [-0.1, -0.05) is 6.07 Å². The van der Waals surface area contributed by atoms with Crippen LogP contribution in [-0.4, -0.2) is 23.1 Å². The maximum Gasteiger partial charge on any atom is 0.416 e. The molecule has 8 heteroatoms. The van der Waals surface area contributed by atoms with Crippen LogP contribution < -0.4 is 10.6 Å². The van der Waals surface area contributed by atoms with Gasteiger partial charge in [0.15, 0.2) is 0 Å². The second kappa shape index (κ2) is 6.47. The van der Waals surface area contributed by atoms with Crippen molar-refractivity contribution in [1.29, 1.82) is 0 Å². The molecule has 0 aliphatic rings. The van der Waals surface area contributed by atoms with Gasteiger partial charge in [-0.3, -0.25) is 4.79 Å². The second-order valence-electron chi connectivity index (χ2n) is 4.62. The summed E-state index contributed by atoms with van der Waals surface area (Å²) in [4.78, 5) is 22.0. The lowest BCUT2D eigenvalue weighted by atomic mass is 10.1. The average Bonchev–Trinajstić information content (AvgIpc) is 2.28. The van der Waals surface area contributed by atoms with Gasteiger partial charge in [0.2, 0.25) is 0 Å². The summed E-state index contributed by atoms with van der Waals surface area (Å²) in [5.74, 6) is -1.09. The van der Waals surface area contributed by atoms with Gasteiger partial charge < -0.3 is 15.7 Å². The number of hydrogen-bond acceptors (Lipinski definition) is 2. The number of urea groups is 1. The number of carbonyl (C=O) groups excluding carboxylic acids is 1. The summed E-state index contributed by atoms with van der Waals surface area (Å²) in [7, 11) is 0. The molecule has 0 radical (unpaired) electrons. The number of anilines is 1. The molecule has 0 aliphatic heterocycles. The molecule has 0 bridgehead atoms. The number of hydrogen-bond donors (Lipinski definition) is 3. The molecular formula is C13H15F3N2O3. The van der Waals surface area contributed by atoms with Crippen LogP contribution in [0.3, 0.4) is 0 Å². The molecule has 2 amide bonds. The molecular weight excluding hydrogens is 289 g/mol. The molecule has 0 heterocycles. The fourth-order valence-corrected chi connectivity index (χ4v) is 1.71. The number of benzene rings is 1. The molecule has 3 N–H and O–H groups in total. The van der Waals surface area contributed by atoms with E-state index in [-0.39, 0.29) is 17.7 Å². The molecule has 1 aromatic rings. The van der Waals surface area contributed by atoms with Gasteiger partial charge in [0.25, 0.3) is 0 Å². The smallest absolute Gasteiger partial charge is 0.416 e. The number of carbonyl (C=O) groups is 2. The summed E-state index contributed by atoms with van der Waals surface area (Å²) in [6.45, 7) is 2.80. The van der Waals surface area contributed by atoms with Crippen LogP contribution in [0.5, 0.6) is 0 Å². The van der Waals surface area contributed by atoms with E-state index in [4.69, 9.17) is 5.11 Å². The third kappa shape index (κ3) is 5.33. The minimum atomic E-state index is -4.51. The van der Waals surface area contributed by atoms with Gasteiger partial charge in [0.1, 0.15) is 0 Å². The fourth-order valence-electron chi connectivity index (χ4n) is 1.71. The zero-order valence-corrected chi connectivity index (χ0v) is 11.4. The zero-order chi connectivity index (χ0) is 16.2. The highest BCUT2D eigenvalue weighted by molar-refractivity contribution is 5.89. The molecule has 21 heavy (non-hydrogen) atoms. The van der Waals surface area contributed by atoms with E-state index in [1.807, 2.05) is 0 Å². The number of amides is 2. The Labute approximate surface area is 119 Å². The van der Waals surface area contributed by atoms with E-state index in [1.54, 1.807) is 0 Å². The minimum absolute atomic E-state index is 0.0204. The first-order valence-corrected chi connectivity index (χ1v) is 6.06. The molecule has 1 rings (SSSR count). The first kappa shape index (κ1) is 16.8. The molecule has 1 aromatic carbocycles. The topological polar surface area (TPSA) is 78.4 Å². The molecule has 0 aromatic heterocycles. The highest BCUT2D eigenvalue weighted by atomic mass is 19.4. The Hall–Kier alpha value is -2.25. The molecule has 5 nitrogen and oxygen atoms in total. The summed E-state index contributed by atoms with van der Waals surface area (Å²) in [5, 5.41) is 13.1. The summed E-state index contributed by atoms with van der Waals surface area (Å²) >= 11 is 0. The van der Waals surface area contributed by atoms with E-state index < -0.39 is 29.8 Å². The van der Waals surface area contributed by atoms with Crippen LogP contribution in [0.2, 0.25) is 0 Å². The van der Waals surface area contributed by atoms with Crippen molar-refractivity contribution in [2.75, 3.05) is 5.32 Å². The molecule has 1 atom stereocenters. The molecule has 0 saturated carbocycles. The van der Waals surface area contributed by atoms with Crippen molar-refractivity contribution in [1.82, 2.24) is 5.32 Å². The predicted molar refractivity (Wildman–Crippen MR) is 70.1 cm³/mol. The quantitative estimate of drug-likeness (QED) is 0.800. The van der Waals surface area contributed by atoms with Crippen LogP contribution in [0.1, 0.15) is 24.5 Å². The zero-order valence-electron chi connectivity index (χ0n) is 11.4. The van der Waals surface area contributed by atoms with Crippen LogP contribution in [0, 0.1) is 6.92 Å². The second-order valence-corrected chi connectivity index (χ2v) is 4.62. The first-order valence-electron chi connectivity index (χ1n) is 6.06. The van der Waals surface area contributed by atoms with Gasteiger partial charge in [-0.05, 0) is 31.5 Å². The van der Waals surface area contributed by atoms with Gasteiger partial charge >= 0.3 is 18.2 Å². The first-order chi connectivity index (χ1) is 9.59. The Morgan fingerprint density at radius 2 is 1.95 bits per heavy atom. The van der Waals surface area contributed by atoms with E-state index in [0.29, 0.717) is 0 Å². The summed E-state index contributed by atoms with van der Waals surface area (Å²) in [6.07, 6.45) is -4.79. The van der Waals surface area contributed by atoms with Crippen molar-refractivity contribution in [3.63, 3.8) is 0 Å². The van der Waals surface area contributed by atoms with Crippen LogP contribution in [-0.2, 0) is 11.0 Å². The molecule has 0 saturated heterocycles. The normalized spacial score (nSPS) is 12.6. The van der Waals surface area contributed by atoms with Crippen molar-refractivity contribution in [2.45, 2.75) is 32.5 Å². The monoisotopic (exact) mass is 304 g/mol. The summed E-state index contributed by atoms with van der Waals surface area (Å²) in [6, 6.07) is 2.01. The van der Waals surface area contributed by atoms with Gasteiger partial charge in [0, 0.05) is 11.7 Å². The largest absolute Gasteiger partial charge is 0.481 e. The van der Waals surface area contributed by atoms with E-state index in [2.05, 4.69) is 10.6 Å². The van der Waals surface area contributed by atoms with Crippen molar-refractivity contribution < 1.29 is 27.9 Å². The summed E-state index contributed by atoms with van der Waals surface area (Å²) in [5.41, 5.74) is -0.806. The van der Waals surface area contributed by atoms with E-state index in [1.165, 1.54) is 26.0 Å². The van der Waals surface area contributed by atoms with Crippen molar-refractivity contribution in [2.24, 2.45) is 0 Å². The van der Waals surface area contributed by atoms with Crippen LogP contribution in [0.25, 0.3) is 0 Å². The molecule has 116 valence electrons. The standard InChI is InChI=1S/C13H15F3N2O3/c1-7-3-4-9(6-10(7)13(14,15)16)18-12(21)17-8(2)5-11(19)20/h3-4,6,8H,5H2,1-2H3,(H,19,20)(H2,17,18,21). The third-order valence-corrected chi connectivity index (χ3v) is 2.66. The third-order valence-electron chi connectivity index (χ3n) is 2.66. The number of aryl methyl sites for hydroxylation is 1. The Morgan fingerprint density at radius 3 is 2.48 bits per heavy atom. The van der Waals surface area contributed by atoms with E-state index in [0.717, 1.165) is 6.07 Å². The Balaban J connectivity index is 2.75. The molecule has 0 spiro atoms. The molecule has 0 fully saturated rings. The predicted octanol–water partition coefficient (Wildman–Crippen LogP) is 3.00. The lowest BCUT2D eigenvalue weighted by molar-refractivity contribution is -0.138. The number of nitrogens with one attached hydrogen (secondary N) is 2.